The smallest absolute Gasteiger partial charge is 0.269 e. The van der Waals surface area contributed by atoms with Gasteiger partial charge in [-0.1, -0.05) is 6.92 Å². The van der Waals surface area contributed by atoms with Crippen LogP contribution in [0.15, 0.2) is 30.3 Å². The van der Waals surface area contributed by atoms with E-state index in [2.05, 4.69) is 9.97 Å². The van der Waals surface area contributed by atoms with Crippen LogP contribution in [0.3, 0.4) is 0 Å². The average molecular weight is 314 g/mol. The maximum absolute atomic E-state index is 10.8. The lowest BCUT2D eigenvalue weighted by molar-refractivity contribution is -0.384. The minimum absolute atomic E-state index is 0.0447. The van der Waals surface area contributed by atoms with Crippen LogP contribution < -0.4 is 4.90 Å². The van der Waals surface area contributed by atoms with Gasteiger partial charge in [0.1, 0.15) is 5.82 Å². The molecule has 0 amide bonds. The van der Waals surface area contributed by atoms with Crippen molar-refractivity contribution in [1.29, 1.82) is 0 Å². The number of hydrogen-bond donors (Lipinski definition) is 1. The Morgan fingerprint density at radius 1 is 1.35 bits per heavy atom. The molecule has 7 heteroatoms. The number of β-amino-alcohol motifs (C(OH)–C–C–N with tert-alkyl or cyclic N) is 1. The fourth-order valence-corrected chi connectivity index (χ4v) is 2.64. The standard InChI is InChI=1S/C16H18N4O3/c1-2-12-9-15(19-8-7-14(21)10-19)18-16(17-12)11-3-5-13(6-4-11)20(22)23/h3-6,9,14,21H,2,7-8,10H2,1H3/t14-/m0/s1. The molecule has 1 aromatic carbocycles. The first-order valence-electron chi connectivity index (χ1n) is 7.62. The Morgan fingerprint density at radius 3 is 2.65 bits per heavy atom. The van der Waals surface area contributed by atoms with Crippen LogP contribution in [0.25, 0.3) is 11.4 Å². The van der Waals surface area contributed by atoms with E-state index in [9.17, 15) is 15.2 Å². The van der Waals surface area contributed by atoms with Crippen molar-refractivity contribution in [3.8, 4) is 11.4 Å². The van der Waals surface area contributed by atoms with E-state index >= 15 is 0 Å². The van der Waals surface area contributed by atoms with Crippen LogP contribution in [0.2, 0.25) is 0 Å². The number of aromatic nitrogens is 2. The van der Waals surface area contributed by atoms with E-state index in [4.69, 9.17) is 0 Å². The Morgan fingerprint density at radius 2 is 2.09 bits per heavy atom. The summed E-state index contributed by atoms with van der Waals surface area (Å²) >= 11 is 0. The SMILES string of the molecule is CCc1cc(N2CC[C@H](O)C2)nc(-c2ccc([N+](=O)[O-])cc2)n1. The second kappa shape index (κ2) is 6.29. The van der Waals surface area contributed by atoms with Gasteiger partial charge in [-0.15, -0.1) is 0 Å². The number of anilines is 1. The first kappa shape index (κ1) is 15.4. The van der Waals surface area contributed by atoms with E-state index in [-0.39, 0.29) is 11.8 Å². The topological polar surface area (TPSA) is 92.4 Å². The zero-order valence-electron chi connectivity index (χ0n) is 12.8. The van der Waals surface area contributed by atoms with Crippen molar-refractivity contribution in [3.05, 3.63) is 46.1 Å². The van der Waals surface area contributed by atoms with Gasteiger partial charge in [-0.3, -0.25) is 10.1 Å². The normalized spacial score (nSPS) is 17.5. The molecule has 2 heterocycles. The molecule has 3 rings (SSSR count). The summed E-state index contributed by atoms with van der Waals surface area (Å²) in [5.41, 5.74) is 1.69. The summed E-state index contributed by atoms with van der Waals surface area (Å²) in [6.45, 7) is 3.35. The molecule has 1 atom stereocenters. The molecule has 0 bridgehead atoms. The molecule has 1 aliphatic heterocycles. The van der Waals surface area contributed by atoms with Crippen molar-refractivity contribution in [2.45, 2.75) is 25.9 Å². The number of hydrogen-bond acceptors (Lipinski definition) is 6. The quantitative estimate of drug-likeness (QED) is 0.687. The second-order valence-electron chi connectivity index (χ2n) is 5.59. The minimum Gasteiger partial charge on any atom is -0.391 e. The van der Waals surface area contributed by atoms with Crippen LogP contribution in [-0.4, -0.2) is 39.2 Å². The van der Waals surface area contributed by atoms with Gasteiger partial charge in [0.15, 0.2) is 5.82 Å². The van der Waals surface area contributed by atoms with Crippen LogP contribution in [0.4, 0.5) is 11.5 Å². The Balaban J connectivity index is 1.96. The highest BCUT2D eigenvalue weighted by molar-refractivity contribution is 5.60. The van der Waals surface area contributed by atoms with Crippen LogP contribution in [0.1, 0.15) is 19.0 Å². The Kier molecular flexibility index (Phi) is 4.20. The summed E-state index contributed by atoms with van der Waals surface area (Å²) in [6.07, 6.45) is 1.18. The van der Waals surface area contributed by atoms with Crippen molar-refractivity contribution >= 4 is 11.5 Å². The molecular weight excluding hydrogens is 296 g/mol. The summed E-state index contributed by atoms with van der Waals surface area (Å²) < 4.78 is 0. The first-order valence-corrected chi connectivity index (χ1v) is 7.62. The van der Waals surface area contributed by atoms with Crippen LogP contribution in [0.5, 0.6) is 0 Å². The zero-order chi connectivity index (χ0) is 16.4. The van der Waals surface area contributed by atoms with E-state index in [1.54, 1.807) is 12.1 Å². The molecule has 1 aliphatic rings. The fraction of sp³-hybridized carbons (Fsp3) is 0.375. The van der Waals surface area contributed by atoms with Crippen LogP contribution in [-0.2, 0) is 6.42 Å². The predicted molar refractivity (Wildman–Crippen MR) is 86.3 cm³/mol. The predicted octanol–water partition coefficient (Wildman–Crippen LogP) is 2.19. The van der Waals surface area contributed by atoms with Gasteiger partial charge in [0.2, 0.25) is 0 Å². The number of aliphatic hydroxyl groups excluding tert-OH is 1. The molecule has 2 aromatic rings. The molecule has 0 radical (unpaired) electrons. The summed E-state index contributed by atoms with van der Waals surface area (Å²) in [6, 6.07) is 8.17. The van der Waals surface area contributed by atoms with E-state index in [1.807, 2.05) is 17.9 Å². The third-order valence-corrected chi connectivity index (χ3v) is 3.95. The molecular formula is C16H18N4O3. The van der Waals surface area contributed by atoms with Gasteiger partial charge in [0.05, 0.1) is 11.0 Å². The highest BCUT2D eigenvalue weighted by atomic mass is 16.6. The largest absolute Gasteiger partial charge is 0.391 e. The number of nitrogens with zero attached hydrogens (tertiary/aromatic N) is 4. The van der Waals surface area contributed by atoms with Gasteiger partial charge in [-0.2, -0.15) is 0 Å². The lowest BCUT2D eigenvalue weighted by Crippen LogP contribution is -2.22. The number of non-ortho nitro benzene ring substituents is 1. The molecule has 0 unspecified atom stereocenters. The summed E-state index contributed by atoms with van der Waals surface area (Å²) in [5.74, 6) is 1.34. The molecule has 120 valence electrons. The van der Waals surface area contributed by atoms with E-state index in [1.165, 1.54) is 12.1 Å². The summed E-state index contributed by atoms with van der Waals surface area (Å²) in [7, 11) is 0. The lowest BCUT2D eigenvalue weighted by Gasteiger charge is -2.18. The van der Waals surface area contributed by atoms with Crippen molar-refractivity contribution in [2.75, 3.05) is 18.0 Å². The van der Waals surface area contributed by atoms with E-state index in [0.29, 0.717) is 12.4 Å². The number of nitro groups is 1. The Bertz CT molecular complexity index is 718. The molecule has 23 heavy (non-hydrogen) atoms. The fourth-order valence-electron chi connectivity index (χ4n) is 2.64. The van der Waals surface area contributed by atoms with E-state index in [0.717, 1.165) is 36.5 Å². The van der Waals surface area contributed by atoms with Gasteiger partial charge in [0, 0.05) is 42.5 Å². The number of rotatable bonds is 4. The molecule has 0 saturated carbocycles. The highest BCUT2D eigenvalue weighted by Crippen LogP contribution is 2.25. The van der Waals surface area contributed by atoms with Gasteiger partial charge >= 0.3 is 0 Å². The van der Waals surface area contributed by atoms with Crippen molar-refractivity contribution < 1.29 is 10.0 Å². The maximum atomic E-state index is 10.8. The molecule has 1 saturated heterocycles. The minimum atomic E-state index is -0.426. The molecule has 0 spiro atoms. The Hall–Kier alpha value is -2.54. The van der Waals surface area contributed by atoms with Crippen molar-refractivity contribution in [3.63, 3.8) is 0 Å². The average Bonchev–Trinajstić information content (AvgIpc) is 3.01. The van der Waals surface area contributed by atoms with Gasteiger partial charge in [-0.25, -0.2) is 9.97 Å². The molecule has 1 aromatic heterocycles. The van der Waals surface area contributed by atoms with Gasteiger partial charge in [0.25, 0.3) is 5.69 Å². The third-order valence-electron chi connectivity index (χ3n) is 3.95. The maximum Gasteiger partial charge on any atom is 0.269 e. The molecule has 0 aliphatic carbocycles. The Labute approximate surface area is 133 Å². The number of aryl methyl sites for hydroxylation is 1. The van der Waals surface area contributed by atoms with Crippen molar-refractivity contribution in [1.82, 2.24) is 9.97 Å². The van der Waals surface area contributed by atoms with Gasteiger partial charge < -0.3 is 10.0 Å². The van der Waals surface area contributed by atoms with Gasteiger partial charge in [-0.05, 0) is 25.0 Å². The summed E-state index contributed by atoms with van der Waals surface area (Å²) in [5, 5.41) is 20.5. The number of nitro benzene ring substituents is 1. The molecule has 7 nitrogen and oxygen atoms in total. The number of aliphatic hydroxyl groups is 1. The highest BCUT2D eigenvalue weighted by Gasteiger charge is 2.22. The first-order chi connectivity index (χ1) is 11.1. The summed E-state index contributed by atoms with van der Waals surface area (Å²) in [4.78, 5) is 21.5. The zero-order valence-corrected chi connectivity index (χ0v) is 12.8. The third kappa shape index (κ3) is 3.29. The second-order valence-corrected chi connectivity index (χ2v) is 5.59. The lowest BCUT2D eigenvalue weighted by atomic mass is 10.2. The van der Waals surface area contributed by atoms with Crippen LogP contribution in [0, 0.1) is 10.1 Å². The van der Waals surface area contributed by atoms with E-state index < -0.39 is 4.92 Å². The number of benzene rings is 1. The van der Waals surface area contributed by atoms with Crippen LogP contribution >= 0.6 is 0 Å². The van der Waals surface area contributed by atoms with Crippen molar-refractivity contribution in [2.24, 2.45) is 0 Å². The molecule has 1 N–H and O–H groups in total. The monoisotopic (exact) mass is 314 g/mol. The molecule has 1 fully saturated rings.